The highest BCUT2D eigenvalue weighted by Crippen LogP contribution is 2.22. The Labute approximate surface area is 127 Å². The monoisotopic (exact) mass is 290 g/mol. The Kier molecular flexibility index (Phi) is 5.17. The van der Waals surface area contributed by atoms with E-state index in [0.29, 0.717) is 11.5 Å². The first-order valence-corrected chi connectivity index (χ1v) is 7.59. The molecule has 1 aliphatic heterocycles. The van der Waals surface area contributed by atoms with Gasteiger partial charge in [-0.15, -0.1) is 0 Å². The molecule has 0 aliphatic carbocycles. The molecule has 2 rings (SSSR count). The molecule has 1 saturated heterocycles. The molecule has 1 aromatic heterocycles. The maximum Gasteiger partial charge on any atom is 0.257 e. The SMILES string of the molecule is CNc1cc(C)ncc1C(=O)N1CCC(CN(C)C)CC1. The number of piperidine rings is 1. The van der Waals surface area contributed by atoms with Crippen LogP contribution in [0.3, 0.4) is 0 Å². The lowest BCUT2D eigenvalue weighted by Crippen LogP contribution is -2.40. The van der Waals surface area contributed by atoms with Crippen molar-refractivity contribution in [1.29, 1.82) is 0 Å². The average molecular weight is 290 g/mol. The van der Waals surface area contributed by atoms with Crippen molar-refractivity contribution in [1.82, 2.24) is 14.8 Å². The molecule has 0 aromatic carbocycles. The molecule has 0 unspecified atom stereocenters. The minimum Gasteiger partial charge on any atom is -0.387 e. The van der Waals surface area contributed by atoms with Crippen LogP contribution in [0.4, 0.5) is 5.69 Å². The number of hydrogen-bond acceptors (Lipinski definition) is 4. The molecule has 0 atom stereocenters. The van der Waals surface area contributed by atoms with E-state index in [-0.39, 0.29) is 5.91 Å². The number of rotatable bonds is 4. The molecule has 0 radical (unpaired) electrons. The molecule has 0 bridgehead atoms. The number of amides is 1. The normalized spacial score (nSPS) is 16.3. The van der Waals surface area contributed by atoms with E-state index >= 15 is 0 Å². The number of anilines is 1. The fourth-order valence-corrected chi connectivity index (χ4v) is 2.94. The molecular weight excluding hydrogens is 264 g/mol. The number of aryl methyl sites for hydroxylation is 1. The second-order valence-corrected chi connectivity index (χ2v) is 6.12. The highest BCUT2D eigenvalue weighted by Gasteiger charge is 2.25. The zero-order valence-corrected chi connectivity index (χ0v) is 13.5. The lowest BCUT2D eigenvalue weighted by molar-refractivity contribution is 0.0678. The maximum atomic E-state index is 12.7. The van der Waals surface area contributed by atoms with Crippen molar-refractivity contribution in [2.24, 2.45) is 5.92 Å². The minimum absolute atomic E-state index is 0.0927. The van der Waals surface area contributed by atoms with Crippen LogP contribution in [0.5, 0.6) is 0 Å². The van der Waals surface area contributed by atoms with E-state index in [4.69, 9.17) is 0 Å². The van der Waals surface area contributed by atoms with Gasteiger partial charge in [-0.3, -0.25) is 9.78 Å². The number of carbonyl (C=O) groups excluding carboxylic acids is 1. The Morgan fingerprint density at radius 1 is 1.43 bits per heavy atom. The Bertz CT molecular complexity index is 493. The molecule has 2 heterocycles. The van der Waals surface area contributed by atoms with Gasteiger partial charge in [-0.25, -0.2) is 0 Å². The van der Waals surface area contributed by atoms with Gasteiger partial charge in [-0.2, -0.15) is 0 Å². The number of carbonyl (C=O) groups is 1. The van der Waals surface area contributed by atoms with E-state index < -0.39 is 0 Å². The van der Waals surface area contributed by atoms with Gasteiger partial charge in [-0.05, 0) is 45.8 Å². The number of hydrogen-bond donors (Lipinski definition) is 1. The highest BCUT2D eigenvalue weighted by atomic mass is 16.2. The zero-order valence-electron chi connectivity index (χ0n) is 13.5. The Morgan fingerprint density at radius 2 is 2.10 bits per heavy atom. The first-order valence-electron chi connectivity index (χ1n) is 7.59. The molecule has 1 aromatic rings. The van der Waals surface area contributed by atoms with E-state index in [0.717, 1.165) is 43.9 Å². The van der Waals surface area contributed by atoms with Gasteiger partial charge in [0.15, 0.2) is 0 Å². The van der Waals surface area contributed by atoms with E-state index in [1.54, 1.807) is 6.20 Å². The van der Waals surface area contributed by atoms with Gasteiger partial charge in [0.2, 0.25) is 0 Å². The average Bonchev–Trinajstić information content (AvgIpc) is 2.46. The van der Waals surface area contributed by atoms with E-state index in [1.165, 1.54) is 0 Å². The van der Waals surface area contributed by atoms with Crippen LogP contribution in [0.25, 0.3) is 0 Å². The predicted molar refractivity (Wildman–Crippen MR) is 85.7 cm³/mol. The van der Waals surface area contributed by atoms with Crippen LogP contribution in [-0.4, -0.2) is 61.5 Å². The summed E-state index contributed by atoms with van der Waals surface area (Å²) >= 11 is 0. The first kappa shape index (κ1) is 15.8. The van der Waals surface area contributed by atoms with Crippen LogP contribution in [-0.2, 0) is 0 Å². The van der Waals surface area contributed by atoms with Gasteiger partial charge in [-0.1, -0.05) is 0 Å². The summed E-state index contributed by atoms with van der Waals surface area (Å²) in [4.78, 5) is 21.1. The van der Waals surface area contributed by atoms with Gasteiger partial charge >= 0.3 is 0 Å². The molecule has 1 aliphatic rings. The molecule has 0 saturated carbocycles. The number of pyridine rings is 1. The summed E-state index contributed by atoms with van der Waals surface area (Å²) in [5.74, 6) is 0.791. The molecule has 1 fully saturated rings. The number of aromatic nitrogens is 1. The third kappa shape index (κ3) is 3.94. The zero-order chi connectivity index (χ0) is 15.4. The Hall–Kier alpha value is -1.62. The van der Waals surface area contributed by atoms with Crippen LogP contribution in [0.2, 0.25) is 0 Å². The second-order valence-electron chi connectivity index (χ2n) is 6.12. The third-order valence-corrected chi connectivity index (χ3v) is 4.07. The van der Waals surface area contributed by atoms with Crippen molar-refractivity contribution in [2.45, 2.75) is 19.8 Å². The Balaban J connectivity index is 2.02. The number of nitrogens with zero attached hydrogens (tertiary/aromatic N) is 3. The molecule has 1 amide bonds. The second kappa shape index (κ2) is 6.89. The van der Waals surface area contributed by atoms with E-state index in [1.807, 2.05) is 24.9 Å². The van der Waals surface area contributed by atoms with Crippen molar-refractivity contribution >= 4 is 11.6 Å². The summed E-state index contributed by atoms with van der Waals surface area (Å²) in [5.41, 5.74) is 2.46. The predicted octanol–water partition coefficient (Wildman–Crippen LogP) is 1.85. The summed E-state index contributed by atoms with van der Waals surface area (Å²) < 4.78 is 0. The molecular formula is C16H26N4O. The molecule has 5 heteroatoms. The van der Waals surface area contributed by atoms with Gasteiger partial charge in [0.05, 0.1) is 11.3 Å². The molecule has 1 N–H and O–H groups in total. The topological polar surface area (TPSA) is 48.5 Å². The Morgan fingerprint density at radius 3 is 2.67 bits per heavy atom. The lowest BCUT2D eigenvalue weighted by atomic mass is 9.96. The number of nitrogens with one attached hydrogen (secondary N) is 1. The lowest BCUT2D eigenvalue weighted by Gasteiger charge is -2.33. The van der Waals surface area contributed by atoms with Crippen LogP contribution in [0.15, 0.2) is 12.3 Å². The summed E-state index contributed by atoms with van der Waals surface area (Å²) in [6.45, 7) is 4.72. The third-order valence-electron chi connectivity index (χ3n) is 4.07. The maximum absolute atomic E-state index is 12.7. The van der Waals surface area contributed by atoms with Gasteiger partial charge < -0.3 is 15.1 Å². The fraction of sp³-hybridized carbons (Fsp3) is 0.625. The molecule has 0 spiro atoms. The summed E-state index contributed by atoms with van der Waals surface area (Å²) in [5, 5.41) is 3.10. The highest BCUT2D eigenvalue weighted by molar-refractivity contribution is 5.99. The van der Waals surface area contributed by atoms with Crippen LogP contribution in [0.1, 0.15) is 28.9 Å². The van der Waals surface area contributed by atoms with Crippen molar-refractivity contribution < 1.29 is 4.79 Å². The fourth-order valence-electron chi connectivity index (χ4n) is 2.94. The quantitative estimate of drug-likeness (QED) is 0.919. The van der Waals surface area contributed by atoms with Crippen molar-refractivity contribution in [3.63, 3.8) is 0 Å². The van der Waals surface area contributed by atoms with Crippen molar-refractivity contribution in [3.05, 3.63) is 23.5 Å². The summed E-state index contributed by atoms with van der Waals surface area (Å²) in [7, 11) is 6.05. The van der Waals surface area contributed by atoms with Gasteiger partial charge in [0, 0.05) is 38.6 Å². The van der Waals surface area contributed by atoms with Crippen molar-refractivity contribution in [2.75, 3.05) is 46.1 Å². The van der Waals surface area contributed by atoms with E-state index in [2.05, 4.69) is 29.3 Å². The van der Waals surface area contributed by atoms with E-state index in [9.17, 15) is 4.79 Å². The van der Waals surface area contributed by atoms with Gasteiger partial charge in [0.25, 0.3) is 5.91 Å². The summed E-state index contributed by atoms with van der Waals surface area (Å²) in [6.07, 6.45) is 3.85. The van der Waals surface area contributed by atoms with Crippen LogP contribution in [0, 0.1) is 12.8 Å². The molecule has 21 heavy (non-hydrogen) atoms. The molecule has 116 valence electrons. The summed E-state index contributed by atoms with van der Waals surface area (Å²) in [6, 6.07) is 1.92. The smallest absolute Gasteiger partial charge is 0.257 e. The van der Waals surface area contributed by atoms with Crippen molar-refractivity contribution in [3.8, 4) is 0 Å². The number of likely N-dealkylation sites (tertiary alicyclic amines) is 1. The van der Waals surface area contributed by atoms with Gasteiger partial charge in [0.1, 0.15) is 0 Å². The van der Waals surface area contributed by atoms with Crippen LogP contribution < -0.4 is 5.32 Å². The van der Waals surface area contributed by atoms with Crippen LogP contribution >= 0.6 is 0 Å². The first-order chi connectivity index (χ1) is 10.0. The molecule has 5 nitrogen and oxygen atoms in total. The largest absolute Gasteiger partial charge is 0.387 e. The standard InChI is InChI=1S/C16H26N4O/c1-12-9-15(17-2)14(10-18-12)16(21)20-7-5-13(6-8-20)11-19(3)4/h9-10,13H,5-8,11H2,1-4H3,(H,17,18). The minimum atomic E-state index is 0.0927.